The molecule has 0 fully saturated rings. The molecule has 0 bridgehead atoms. The van der Waals surface area contributed by atoms with Crippen LogP contribution in [-0.4, -0.2) is 40.3 Å². The smallest absolute Gasteiger partial charge is 0.408 e. The number of rotatable bonds is 7. The Labute approximate surface area is 156 Å². The van der Waals surface area contributed by atoms with E-state index < -0.39 is 34.5 Å². The first-order valence-electron chi connectivity index (χ1n) is 8.14. The summed E-state index contributed by atoms with van der Waals surface area (Å²) in [5.41, 5.74) is 0.558. The molecule has 0 spiro atoms. The molecule has 0 saturated heterocycles. The number of esters is 1. The molecule has 1 amide bonds. The maximum absolute atomic E-state index is 12.4. The quantitative estimate of drug-likeness (QED) is 0.728. The number of carbonyl (C=O) groups is 2. The van der Waals surface area contributed by atoms with E-state index in [4.69, 9.17) is 14.7 Å². The molecular formula is C18H24N2O5S. The molecule has 0 radical (unpaired) electrons. The third kappa shape index (κ3) is 8.12. The summed E-state index contributed by atoms with van der Waals surface area (Å²) in [6, 6.07) is 7.62. The van der Waals surface area contributed by atoms with Gasteiger partial charge in [0.2, 0.25) is 0 Å². The van der Waals surface area contributed by atoms with Crippen molar-refractivity contribution in [2.75, 3.05) is 12.4 Å². The number of carbonyl (C=O) groups excluding carboxylic acids is 2. The Morgan fingerprint density at radius 3 is 2.38 bits per heavy atom. The van der Waals surface area contributed by atoms with Crippen LogP contribution in [0.2, 0.25) is 0 Å². The minimum absolute atomic E-state index is 0.0991. The Hall–Kier alpha value is -2.40. The molecule has 1 aromatic rings. The van der Waals surface area contributed by atoms with Gasteiger partial charge in [0.05, 0.1) is 24.0 Å². The van der Waals surface area contributed by atoms with Crippen molar-refractivity contribution in [2.24, 2.45) is 0 Å². The van der Waals surface area contributed by atoms with E-state index in [1.54, 1.807) is 52.0 Å². The molecule has 8 heteroatoms. The van der Waals surface area contributed by atoms with Crippen LogP contribution in [0.5, 0.6) is 0 Å². The topological polar surface area (TPSA) is 105 Å². The monoisotopic (exact) mass is 380 g/mol. The van der Waals surface area contributed by atoms with E-state index in [-0.39, 0.29) is 18.1 Å². The van der Waals surface area contributed by atoms with Crippen LogP contribution in [0.25, 0.3) is 0 Å². The summed E-state index contributed by atoms with van der Waals surface area (Å²) >= 11 is 0. The van der Waals surface area contributed by atoms with E-state index in [0.29, 0.717) is 5.56 Å². The molecule has 1 aromatic carbocycles. The first kappa shape index (κ1) is 21.6. The molecule has 0 aliphatic rings. The summed E-state index contributed by atoms with van der Waals surface area (Å²) in [5.74, 6) is -0.568. The van der Waals surface area contributed by atoms with Gasteiger partial charge in [-0.05, 0) is 45.4 Å². The second-order valence-corrected chi connectivity index (χ2v) is 8.01. The highest BCUT2D eigenvalue weighted by atomic mass is 32.2. The van der Waals surface area contributed by atoms with E-state index in [1.807, 2.05) is 6.07 Å². The molecule has 26 heavy (non-hydrogen) atoms. The summed E-state index contributed by atoms with van der Waals surface area (Å²) in [7, 11) is -1.43. The van der Waals surface area contributed by atoms with Gasteiger partial charge in [0.15, 0.2) is 0 Å². The molecule has 1 N–H and O–H groups in total. The summed E-state index contributed by atoms with van der Waals surface area (Å²) in [6.07, 6.45) is -0.772. The third-order valence-electron chi connectivity index (χ3n) is 3.03. The third-order valence-corrected chi connectivity index (χ3v) is 4.39. The molecular weight excluding hydrogens is 356 g/mol. The van der Waals surface area contributed by atoms with Crippen LogP contribution in [0.3, 0.4) is 0 Å². The maximum Gasteiger partial charge on any atom is 0.408 e. The normalized spacial score (nSPS) is 13.2. The predicted octanol–water partition coefficient (Wildman–Crippen LogP) is 2.26. The standard InChI is InChI=1S/C18H24N2O5S/c1-5-24-16(21)15(20-17(22)25-18(2,3)4)12-26(23)11-14-8-6-13(10-19)7-9-14/h6-9,15H,5,11-12H2,1-4H3,(H,20,22)/t15-,26?/m0/s1. The molecule has 1 rings (SSSR count). The van der Waals surface area contributed by atoms with Gasteiger partial charge < -0.3 is 14.8 Å². The number of hydrogen-bond donors (Lipinski definition) is 1. The van der Waals surface area contributed by atoms with Gasteiger partial charge in [0.1, 0.15) is 11.6 Å². The number of nitriles is 1. The van der Waals surface area contributed by atoms with E-state index >= 15 is 0 Å². The molecule has 7 nitrogen and oxygen atoms in total. The van der Waals surface area contributed by atoms with Crippen LogP contribution in [0.1, 0.15) is 38.8 Å². The van der Waals surface area contributed by atoms with Crippen molar-refractivity contribution in [3.63, 3.8) is 0 Å². The van der Waals surface area contributed by atoms with Crippen molar-refractivity contribution in [2.45, 2.75) is 45.1 Å². The van der Waals surface area contributed by atoms with Gasteiger partial charge in [0.25, 0.3) is 0 Å². The van der Waals surface area contributed by atoms with Crippen molar-refractivity contribution < 1.29 is 23.3 Å². The fraction of sp³-hybridized carbons (Fsp3) is 0.500. The van der Waals surface area contributed by atoms with Crippen LogP contribution in [-0.2, 0) is 30.8 Å². The number of benzene rings is 1. The van der Waals surface area contributed by atoms with E-state index in [0.717, 1.165) is 5.56 Å². The van der Waals surface area contributed by atoms with Crippen LogP contribution in [0, 0.1) is 11.3 Å². The average Bonchev–Trinajstić information content (AvgIpc) is 2.53. The lowest BCUT2D eigenvalue weighted by Crippen LogP contribution is -2.47. The lowest BCUT2D eigenvalue weighted by molar-refractivity contribution is -0.145. The number of amides is 1. The Balaban J connectivity index is 2.74. The number of alkyl carbamates (subject to hydrolysis) is 1. The highest BCUT2D eigenvalue weighted by Crippen LogP contribution is 2.09. The minimum Gasteiger partial charge on any atom is -0.464 e. The van der Waals surface area contributed by atoms with Gasteiger partial charge in [-0.3, -0.25) is 4.21 Å². The lowest BCUT2D eigenvalue weighted by Gasteiger charge is -2.22. The number of ether oxygens (including phenoxy) is 2. The Morgan fingerprint density at radius 2 is 1.88 bits per heavy atom. The molecule has 0 aliphatic carbocycles. The van der Waals surface area contributed by atoms with Crippen molar-refractivity contribution >= 4 is 22.9 Å². The van der Waals surface area contributed by atoms with Crippen molar-refractivity contribution in [3.8, 4) is 6.07 Å². The summed E-state index contributed by atoms with van der Waals surface area (Å²) in [5, 5.41) is 11.2. The van der Waals surface area contributed by atoms with E-state index in [1.165, 1.54) is 0 Å². The summed E-state index contributed by atoms with van der Waals surface area (Å²) in [4.78, 5) is 24.0. The number of nitrogens with one attached hydrogen (secondary N) is 1. The highest BCUT2D eigenvalue weighted by molar-refractivity contribution is 7.84. The van der Waals surface area contributed by atoms with Crippen molar-refractivity contribution in [1.29, 1.82) is 5.26 Å². The summed E-state index contributed by atoms with van der Waals surface area (Å²) in [6.45, 7) is 6.91. The zero-order chi connectivity index (χ0) is 19.7. The largest absolute Gasteiger partial charge is 0.464 e. The molecule has 0 aromatic heterocycles. The zero-order valence-corrected chi connectivity index (χ0v) is 16.2. The Morgan fingerprint density at radius 1 is 1.27 bits per heavy atom. The molecule has 0 saturated carbocycles. The fourth-order valence-corrected chi connectivity index (χ4v) is 3.24. The second kappa shape index (κ2) is 9.92. The highest BCUT2D eigenvalue weighted by Gasteiger charge is 2.27. The molecule has 2 atom stereocenters. The van der Waals surface area contributed by atoms with Gasteiger partial charge >= 0.3 is 12.1 Å². The lowest BCUT2D eigenvalue weighted by atomic mass is 10.2. The first-order valence-corrected chi connectivity index (χ1v) is 9.63. The van der Waals surface area contributed by atoms with Crippen LogP contribution in [0.4, 0.5) is 4.79 Å². The van der Waals surface area contributed by atoms with Crippen LogP contribution < -0.4 is 5.32 Å². The van der Waals surface area contributed by atoms with Gasteiger partial charge in [-0.2, -0.15) is 5.26 Å². The molecule has 142 valence electrons. The zero-order valence-electron chi connectivity index (χ0n) is 15.4. The van der Waals surface area contributed by atoms with Crippen LogP contribution >= 0.6 is 0 Å². The van der Waals surface area contributed by atoms with Gasteiger partial charge in [-0.25, -0.2) is 9.59 Å². The van der Waals surface area contributed by atoms with E-state index in [2.05, 4.69) is 5.32 Å². The Kier molecular flexibility index (Phi) is 8.26. The minimum atomic E-state index is -1.43. The number of hydrogen-bond acceptors (Lipinski definition) is 6. The number of nitrogens with zero attached hydrogens (tertiary/aromatic N) is 1. The second-order valence-electron chi connectivity index (χ2n) is 6.51. The molecule has 0 aliphatic heterocycles. The Bertz CT molecular complexity index is 689. The van der Waals surface area contributed by atoms with Gasteiger partial charge in [-0.15, -0.1) is 0 Å². The average molecular weight is 380 g/mol. The predicted molar refractivity (Wildman–Crippen MR) is 97.7 cm³/mol. The van der Waals surface area contributed by atoms with Crippen molar-refractivity contribution in [1.82, 2.24) is 5.32 Å². The summed E-state index contributed by atoms with van der Waals surface area (Å²) < 4.78 is 22.5. The SMILES string of the molecule is CCOC(=O)[C@H](CS(=O)Cc1ccc(C#N)cc1)NC(=O)OC(C)(C)C. The van der Waals surface area contributed by atoms with Gasteiger partial charge in [0, 0.05) is 16.6 Å². The van der Waals surface area contributed by atoms with Gasteiger partial charge in [-0.1, -0.05) is 12.1 Å². The maximum atomic E-state index is 12.4. The van der Waals surface area contributed by atoms with E-state index in [9.17, 15) is 13.8 Å². The van der Waals surface area contributed by atoms with Crippen LogP contribution in [0.15, 0.2) is 24.3 Å². The van der Waals surface area contributed by atoms with Crippen molar-refractivity contribution in [3.05, 3.63) is 35.4 Å². The molecule has 1 unspecified atom stereocenters. The first-order chi connectivity index (χ1) is 12.1. The molecule has 0 heterocycles. The fourth-order valence-electron chi connectivity index (χ4n) is 1.97.